The molecule has 0 bridgehead atoms. The smallest absolute Gasteiger partial charge is 0.328 e. The Kier molecular flexibility index (Phi) is 8.29. The van der Waals surface area contributed by atoms with E-state index < -0.39 is 29.3 Å². The van der Waals surface area contributed by atoms with Crippen molar-refractivity contribution < 1.29 is 37.5 Å². The highest BCUT2D eigenvalue weighted by Crippen LogP contribution is 2.30. The molecule has 11 nitrogen and oxygen atoms in total. The van der Waals surface area contributed by atoms with Crippen molar-refractivity contribution in [3.63, 3.8) is 0 Å². The summed E-state index contributed by atoms with van der Waals surface area (Å²) in [7, 11) is 0. The first-order chi connectivity index (χ1) is 21.9. The molecule has 0 aliphatic carbocycles. The van der Waals surface area contributed by atoms with E-state index in [9.17, 15) is 18.8 Å². The Morgan fingerprint density at radius 3 is 2.07 bits per heavy atom. The van der Waals surface area contributed by atoms with Crippen molar-refractivity contribution in [3.8, 4) is 40.1 Å². The van der Waals surface area contributed by atoms with E-state index in [1.165, 1.54) is 18.2 Å². The van der Waals surface area contributed by atoms with Crippen LogP contribution in [-0.4, -0.2) is 40.2 Å². The molecule has 12 heteroatoms. The molecule has 1 aliphatic rings. The van der Waals surface area contributed by atoms with Gasteiger partial charge >= 0.3 is 6.03 Å². The van der Waals surface area contributed by atoms with Gasteiger partial charge < -0.3 is 18.7 Å². The van der Waals surface area contributed by atoms with Crippen molar-refractivity contribution in [2.24, 2.45) is 0 Å². The fourth-order valence-electron chi connectivity index (χ4n) is 4.56. The molecule has 1 aromatic heterocycles. The van der Waals surface area contributed by atoms with Crippen molar-refractivity contribution in [1.29, 1.82) is 0 Å². The zero-order valence-electron chi connectivity index (χ0n) is 23.6. The van der Waals surface area contributed by atoms with E-state index in [-0.39, 0.29) is 42.7 Å². The SMILES string of the molecule is O=C1NC(=O)C(CCOCc2ccccc2)(Oc2ccc(Oc3ccc(-c4nc(-c5ccccc5F)no4)cc3)cc2)C(=O)N1. The second-order valence-electron chi connectivity index (χ2n) is 9.96. The van der Waals surface area contributed by atoms with Gasteiger partial charge in [-0.1, -0.05) is 47.6 Å². The maximum atomic E-state index is 14.1. The fourth-order valence-corrected chi connectivity index (χ4v) is 4.56. The molecule has 2 N–H and O–H groups in total. The lowest BCUT2D eigenvalue weighted by Gasteiger charge is -2.34. The molecule has 0 radical (unpaired) electrons. The van der Waals surface area contributed by atoms with Gasteiger partial charge in [-0.25, -0.2) is 9.18 Å². The highest BCUT2D eigenvalue weighted by Gasteiger charge is 2.52. The number of amides is 4. The van der Waals surface area contributed by atoms with Crippen LogP contribution in [0.15, 0.2) is 108 Å². The summed E-state index contributed by atoms with van der Waals surface area (Å²) in [5.41, 5.74) is -0.250. The normalized spacial score (nSPS) is 14.0. The summed E-state index contributed by atoms with van der Waals surface area (Å²) in [5, 5.41) is 8.08. The fraction of sp³-hybridized carbons (Fsp3) is 0.121. The molecule has 226 valence electrons. The van der Waals surface area contributed by atoms with Crippen LogP contribution in [0.2, 0.25) is 0 Å². The van der Waals surface area contributed by atoms with Crippen LogP contribution >= 0.6 is 0 Å². The van der Waals surface area contributed by atoms with Crippen molar-refractivity contribution in [2.45, 2.75) is 18.6 Å². The lowest BCUT2D eigenvalue weighted by molar-refractivity contribution is -0.153. The molecule has 0 saturated carbocycles. The summed E-state index contributed by atoms with van der Waals surface area (Å²) in [4.78, 5) is 41.8. The first kappa shape index (κ1) is 29.2. The predicted octanol–water partition coefficient (Wildman–Crippen LogP) is 5.43. The Morgan fingerprint density at radius 2 is 1.38 bits per heavy atom. The van der Waals surface area contributed by atoms with Crippen molar-refractivity contribution in [3.05, 3.63) is 115 Å². The average Bonchev–Trinajstić information content (AvgIpc) is 3.54. The van der Waals surface area contributed by atoms with Crippen LogP contribution in [0.4, 0.5) is 9.18 Å². The third-order valence-electron chi connectivity index (χ3n) is 6.89. The monoisotopic (exact) mass is 608 g/mol. The first-order valence-corrected chi connectivity index (χ1v) is 13.8. The number of imide groups is 2. The average molecular weight is 609 g/mol. The van der Waals surface area contributed by atoms with E-state index >= 15 is 0 Å². The first-order valence-electron chi connectivity index (χ1n) is 13.8. The zero-order valence-corrected chi connectivity index (χ0v) is 23.6. The topological polar surface area (TPSA) is 142 Å². The number of rotatable bonds is 11. The summed E-state index contributed by atoms with van der Waals surface area (Å²) >= 11 is 0. The van der Waals surface area contributed by atoms with Crippen molar-refractivity contribution in [1.82, 2.24) is 20.8 Å². The Hall–Kier alpha value is -5.88. The van der Waals surface area contributed by atoms with Gasteiger partial charge in [0.2, 0.25) is 5.82 Å². The molecule has 4 aromatic carbocycles. The van der Waals surface area contributed by atoms with Gasteiger partial charge in [-0.15, -0.1) is 0 Å². The summed E-state index contributed by atoms with van der Waals surface area (Å²) in [5.74, 6) is -0.721. The van der Waals surface area contributed by atoms with Crippen LogP contribution in [-0.2, 0) is 20.9 Å². The highest BCUT2D eigenvalue weighted by molar-refractivity contribution is 6.21. The number of nitrogens with zero attached hydrogens (tertiary/aromatic N) is 2. The van der Waals surface area contributed by atoms with Crippen molar-refractivity contribution >= 4 is 17.8 Å². The minimum atomic E-state index is -2.02. The quantitative estimate of drug-likeness (QED) is 0.148. The minimum Gasteiger partial charge on any atom is -0.467 e. The number of hydrogen-bond donors (Lipinski definition) is 2. The van der Waals surface area contributed by atoms with Crippen LogP contribution in [0.3, 0.4) is 0 Å². The summed E-state index contributed by atoms with van der Waals surface area (Å²) < 4.78 is 36.9. The van der Waals surface area contributed by atoms with Gasteiger partial charge in [0.25, 0.3) is 23.3 Å². The standard InChI is InChI=1S/C33H25FN4O7/c34-27-9-5-4-8-26(27)28-35-29(45-38-28)22-10-12-23(13-11-22)43-24-14-16-25(17-15-24)44-33(30(39)36-32(41)37-31(33)40)18-19-42-20-21-6-2-1-3-7-21/h1-17H,18-20H2,(H2,36,37,39,40,41). The lowest BCUT2D eigenvalue weighted by Crippen LogP contribution is -2.69. The highest BCUT2D eigenvalue weighted by atomic mass is 19.1. The Bertz CT molecular complexity index is 1810. The van der Waals surface area contributed by atoms with Gasteiger partial charge in [-0.05, 0) is 66.2 Å². The van der Waals surface area contributed by atoms with E-state index in [4.69, 9.17) is 18.7 Å². The third-order valence-corrected chi connectivity index (χ3v) is 6.89. The molecule has 6 rings (SSSR count). The lowest BCUT2D eigenvalue weighted by atomic mass is 9.95. The van der Waals surface area contributed by atoms with E-state index in [1.807, 2.05) is 30.3 Å². The molecule has 45 heavy (non-hydrogen) atoms. The molecule has 4 amide bonds. The van der Waals surface area contributed by atoms with Gasteiger partial charge in [0.05, 0.1) is 18.8 Å². The number of aromatic nitrogens is 2. The number of nitrogens with one attached hydrogen (secondary N) is 2. The second kappa shape index (κ2) is 12.8. The molecule has 2 heterocycles. The summed E-state index contributed by atoms with van der Waals surface area (Å²) in [6, 6.07) is 27.8. The Balaban J connectivity index is 1.10. The van der Waals surface area contributed by atoms with E-state index in [2.05, 4.69) is 20.8 Å². The number of urea groups is 1. The van der Waals surface area contributed by atoms with E-state index in [0.29, 0.717) is 17.1 Å². The van der Waals surface area contributed by atoms with Gasteiger partial charge in [0.1, 0.15) is 23.1 Å². The largest absolute Gasteiger partial charge is 0.467 e. The third kappa shape index (κ3) is 6.55. The Morgan fingerprint density at radius 1 is 0.756 bits per heavy atom. The zero-order chi connectivity index (χ0) is 31.2. The molecular formula is C33H25FN4O7. The molecule has 0 atom stereocenters. The number of carbonyl (C=O) groups excluding carboxylic acids is 3. The molecule has 0 unspecified atom stereocenters. The Labute approximate surface area is 255 Å². The molecule has 1 fully saturated rings. The van der Waals surface area contributed by atoms with Crippen molar-refractivity contribution in [2.75, 3.05) is 6.61 Å². The van der Waals surface area contributed by atoms with Gasteiger partial charge in [0.15, 0.2) is 0 Å². The number of halogens is 1. The maximum absolute atomic E-state index is 14.1. The van der Waals surface area contributed by atoms with Crippen LogP contribution in [0.25, 0.3) is 22.8 Å². The van der Waals surface area contributed by atoms with Crippen LogP contribution in [0.5, 0.6) is 17.2 Å². The van der Waals surface area contributed by atoms with Crippen LogP contribution in [0, 0.1) is 5.82 Å². The second-order valence-corrected chi connectivity index (χ2v) is 9.96. The van der Waals surface area contributed by atoms with E-state index in [0.717, 1.165) is 5.56 Å². The number of ether oxygens (including phenoxy) is 3. The van der Waals surface area contributed by atoms with Gasteiger partial charge in [-0.3, -0.25) is 20.2 Å². The number of hydrogen-bond acceptors (Lipinski definition) is 9. The number of barbiturate groups is 1. The molecule has 0 spiro atoms. The summed E-state index contributed by atoms with van der Waals surface area (Å²) in [6.07, 6.45) is -0.142. The van der Waals surface area contributed by atoms with Crippen LogP contribution < -0.4 is 20.1 Å². The number of benzene rings is 4. The van der Waals surface area contributed by atoms with E-state index in [1.54, 1.807) is 54.6 Å². The maximum Gasteiger partial charge on any atom is 0.328 e. The molecular weight excluding hydrogens is 583 g/mol. The predicted molar refractivity (Wildman–Crippen MR) is 157 cm³/mol. The van der Waals surface area contributed by atoms with Gasteiger partial charge in [0, 0.05) is 12.0 Å². The van der Waals surface area contributed by atoms with Crippen LogP contribution in [0.1, 0.15) is 12.0 Å². The summed E-state index contributed by atoms with van der Waals surface area (Å²) in [6.45, 7) is 0.283. The minimum absolute atomic E-state index is 0.00909. The molecule has 5 aromatic rings. The van der Waals surface area contributed by atoms with Gasteiger partial charge in [-0.2, -0.15) is 4.98 Å². The molecule has 1 saturated heterocycles. The number of carbonyl (C=O) groups is 3. The molecule has 1 aliphatic heterocycles.